The van der Waals surface area contributed by atoms with Crippen LogP contribution in [0.5, 0.6) is 0 Å². The second kappa shape index (κ2) is 11.1. The summed E-state index contributed by atoms with van der Waals surface area (Å²) in [4.78, 5) is 3.81. The van der Waals surface area contributed by atoms with Crippen LogP contribution in [0.1, 0.15) is 12.0 Å². The number of nitrogens with one attached hydrogen (secondary N) is 2. The molecule has 0 unspecified atom stereocenters. The number of benzene rings is 1. The Bertz CT molecular complexity index is 458. The molecule has 21 heavy (non-hydrogen) atoms. The van der Waals surface area contributed by atoms with Gasteiger partial charge in [0.05, 0.1) is 6.54 Å². The standard InChI is InChI=1S/C13H17BrF3N3.HI/c1-18-13(20-8-12(16)17)19-6-2-3-9-4-5-10(14)7-11(9)15;/h4-5,7,12H,2-3,6,8H2,1H3,(H2,18,19,20);1H. The average molecular weight is 480 g/mol. The maximum absolute atomic E-state index is 13.5. The Labute approximate surface area is 147 Å². The third kappa shape index (κ3) is 8.50. The highest BCUT2D eigenvalue weighted by molar-refractivity contribution is 14.0. The van der Waals surface area contributed by atoms with Crippen LogP contribution in [0.2, 0.25) is 0 Å². The van der Waals surface area contributed by atoms with Crippen LogP contribution < -0.4 is 10.6 Å². The molecule has 0 heterocycles. The molecule has 0 aliphatic carbocycles. The summed E-state index contributed by atoms with van der Waals surface area (Å²) >= 11 is 3.20. The number of aliphatic imine (C=N–C) groups is 1. The monoisotopic (exact) mass is 479 g/mol. The van der Waals surface area contributed by atoms with Crippen LogP contribution >= 0.6 is 39.9 Å². The minimum Gasteiger partial charge on any atom is -0.356 e. The molecular formula is C13H18BrF3IN3. The fraction of sp³-hybridized carbons (Fsp3) is 0.462. The Balaban J connectivity index is 0.00000400. The van der Waals surface area contributed by atoms with Gasteiger partial charge in [0.1, 0.15) is 5.82 Å². The SMILES string of the molecule is CN=C(NCCCc1ccc(Br)cc1F)NCC(F)F.I. The molecular weight excluding hydrogens is 462 g/mol. The Hall–Kier alpha value is -0.510. The zero-order valence-electron chi connectivity index (χ0n) is 11.5. The van der Waals surface area contributed by atoms with Crippen molar-refractivity contribution in [1.82, 2.24) is 10.6 Å². The summed E-state index contributed by atoms with van der Waals surface area (Å²) in [7, 11) is 1.51. The molecule has 1 aromatic rings. The highest BCUT2D eigenvalue weighted by Gasteiger charge is 2.05. The lowest BCUT2D eigenvalue weighted by molar-refractivity contribution is 0.152. The van der Waals surface area contributed by atoms with E-state index >= 15 is 0 Å². The third-order valence-electron chi connectivity index (χ3n) is 2.58. The Morgan fingerprint density at radius 2 is 2.05 bits per heavy atom. The first-order valence-electron chi connectivity index (χ1n) is 6.19. The van der Waals surface area contributed by atoms with Crippen LogP contribution in [0.4, 0.5) is 13.2 Å². The number of halogens is 5. The van der Waals surface area contributed by atoms with Crippen molar-refractivity contribution in [1.29, 1.82) is 0 Å². The molecule has 0 fully saturated rings. The second-order valence-corrected chi connectivity index (χ2v) is 5.03. The van der Waals surface area contributed by atoms with E-state index in [1.54, 1.807) is 12.1 Å². The molecule has 1 aromatic carbocycles. The van der Waals surface area contributed by atoms with Gasteiger partial charge in [-0.1, -0.05) is 22.0 Å². The first-order chi connectivity index (χ1) is 9.52. The second-order valence-electron chi connectivity index (χ2n) is 4.11. The number of guanidine groups is 1. The summed E-state index contributed by atoms with van der Waals surface area (Å²) in [6.07, 6.45) is -1.18. The van der Waals surface area contributed by atoms with E-state index in [0.717, 1.165) is 0 Å². The van der Waals surface area contributed by atoms with Gasteiger partial charge < -0.3 is 10.6 Å². The molecule has 0 spiro atoms. The molecule has 8 heteroatoms. The number of nitrogens with zero attached hydrogens (tertiary/aromatic N) is 1. The smallest absolute Gasteiger partial charge is 0.255 e. The fourth-order valence-corrected chi connectivity index (χ4v) is 1.94. The molecule has 0 amide bonds. The molecule has 0 aliphatic rings. The highest BCUT2D eigenvalue weighted by Crippen LogP contribution is 2.16. The predicted molar refractivity (Wildman–Crippen MR) is 93.2 cm³/mol. The topological polar surface area (TPSA) is 36.4 Å². The summed E-state index contributed by atoms with van der Waals surface area (Å²) in [5, 5.41) is 5.39. The predicted octanol–water partition coefficient (Wildman–Crippen LogP) is 3.57. The van der Waals surface area contributed by atoms with Crippen LogP contribution in [0.15, 0.2) is 27.7 Å². The van der Waals surface area contributed by atoms with Crippen LogP contribution in [0.3, 0.4) is 0 Å². The first-order valence-corrected chi connectivity index (χ1v) is 6.99. The number of aryl methyl sites for hydroxylation is 1. The summed E-state index contributed by atoms with van der Waals surface area (Å²) in [5.41, 5.74) is 0.630. The Kier molecular flexibility index (Phi) is 10.8. The summed E-state index contributed by atoms with van der Waals surface area (Å²) in [5.74, 6) is 0.0705. The van der Waals surface area contributed by atoms with E-state index in [0.29, 0.717) is 35.4 Å². The number of rotatable bonds is 6. The van der Waals surface area contributed by atoms with E-state index in [1.165, 1.54) is 13.1 Å². The lowest BCUT2D eigenvalue weighted by atomic mass is 10.1. The van der Waals surface area contributed by atoms with Gasteiger partial charge in [0.15, 0.2) is 5.96 Å². The van der Waals surface area contributed by atoms with E-state index in [1.807, 2.05) is 0 Å². The lowest BCUT2D eigenvalue weighted by Gasteiger charge is -2.11. The van der Waals surface area contributed by atoms with E-state index in [9.17, 15) is 13.2 Å². The van der Waals surface area contributed by atoms with Crippen LogP contribution in [0.25, 0.3) is 0 Å². The molecule has 0 aliphatic heterocycles. The molecule has 0 saturated heterocycles. The van der Waals surface area contributed by atoms with Gasteiger partial charge in [-0.3, -0.25) is 4.99 Å². The number of hydrogen-bond acceptors (Lipinski definition) is 1. The lowest BCUT2D eigenvalue weighted by Crippen LogP contribution is -2.40. The van der Waals surface area contributed by atoms with Gasteiger partial charge in [-0.25, -0.2) is 13.2 Å². The minimum absolute atomic E-state index is 0. The molecule has 0 atom stereocenters. The van der Waals surface area contributed by atoms with Crippen molar-refractivity contribution in [3.05, 3.63) is 34.1 Å². The van der Waals surface area contributed by atoms with E-state index in [4.69, 9.17) is 0 Å². The maximum atomic E-state index is 13.5. The van der Waals surface area contributed by atoms with Crippen molar-refractivity contribution in [2.75, 3.05) is 20.1 Å². The van der Waals surface area contributed by atoms with Gasteiger partial charge in [-0.15, -0.1) is 24.0 Å². The molecule has 0 radical (unpaired) electrons. The van der Waals surface area contributed by atoms with Crippen molar-refractivity contribution in [3.8, 4) is 0 Å². The zero-order chi connectivity index (χ0) is 15.0. The summed E-state index contributed by atoms with van der Waals surface area (Å²) in [6.45, 7) is 0.0828. The number of alkyl halides is 2. The molecule has 120 valence electrons. The average Bonchev–Trinajstić information content (AvgIpc) is 2.39. The van der Waals surface area contributed by atoms with Gasteiger partial charge in [-0.2, -0.15) is 0 Å². The van der Waals surface area contributed by atoms with Crippen LogP contribution in [-0.2, 0) is 6.42 Å². The molecule has 0 saturated carbocycles. The normalized spacial score (nSPS) is 11.2. The quantitative estimate of drug-likeness (QED) is 0.283. The van der Waals surface area contributed by atoms with E-state index in [2.05, 4.69) is 31.6 Å². The van der Waals surface area contributed by atoms with Crippen molar-refractivity contribution in [2.45, 2.75) is 19.3 Å². The van der Waals surface area contributed by atoms with Crippen molar-refractivity contribution < 1.29 is 13.2 Å². The van der Waals surface area contributed by atoms with Crippen molar-refractivity contribution >= 4 is 45.9 Å². The third-order valence-corrected chi connectivity index (χ3v) is 3.07. The van der Waals surface area contributed by atoms with Crippen LogP contribution in [-0.4, -0.2) is 32.5 Å². The highest BCUT2D eigenvalue weighted by atomic mass is 127. The fourth-order valence-electron chi connectivity index (χ4n) is 1.60. The molecule has 0 bridgehead atoms. The molecule has 1 rings (SSSR count). The van der Waals surface area contributed by atoms with Gasteiger partial charge in [0.2, 0.25) is 0 Å². The molecule has 3 nitrogen and oxygen atoms in total. The van der Waals surface area contributed by atoms with Crippen molar-refractivity contribution in [2.24, 2.45) is 4.99 Å². The van der Waals surface area contributed by atoms with E-state index < -0.39 is 13.0 Å². The van der Waals surface area contributed by atoms with E-state index in [-0.39, 0.29) is 29.8 Å². The van der Waals surface area contributed by atoms with Crippen LogP contribution in [0, 0.1) is 5.82 Å². The summed E-state index contributed by atoms with van der Waals surface area (Å²) < 4.78 is 38.3. The number of hydrogen-bond donors (Lipinski definition) is 2. The Morgan fingerprint density at radius 3 is 2.62 bits per heavy atom. The maximum Gasteiger partial charge on any atom is 0.255 e. The molecule has 0 aromatic heterocycles. The Morgan fingerprint density at radius 1 is 1.33 bits per heavy atom. The zero-order valence-corrected chi connectivity index (χ0v) is 15.4. The first kappa shape index (κ1) is 20.5. The minimum atomic E-state index is -2.43. The van der Waals surface area contributed by atoms with Gasteiger partial charge >= 0.3 is 0 Å². The van der Waals surface area contributed by atoms with Gasteiger partial charge in [-0.05, 0) is 30.5 Å². The van der Waals surface area contributed by atoms with Crippen molar-refractivity contribution in [3.63, 3.8) is 0 Å². The largest absolute Gasteiger partial charge is 0.356 e. The summed E-state index contributed by atoms with van der Waals surface area (Å²) in [6, 6.07) is 4.93. The van der Waals surface area contributed by atoms with Gasteiger partial charge in [0.25, 0.3) is 6.43 Å². The molecule has 2 N–H and O–H groups in total. The van der Waals surface area contributed by atoms with Gasteiger partial charge in [0, 0.05) is 18.1 Å².